The van der Waals surface area contributed by atoms with Gasteiger partial charge in [0.15, 0.2) is 0 Å². The molecular weight excluding hydrogens is 188 g/mol. The molecule has 2 N–H and O–H groups in total. The number of pyridine rings is 1. The molecule has 1 rings (SSSR count). The third-order valence-electron chi connectivity index (χ3n) is 2.05. The monoisotopic (exact) mass is 197 g/mol. The Labute approximate surface area is 80.2 Å². The van der Waals surface area contributed by atoms with Gasteiger partial charge in [-0.05, 0) is 12.5 Å². The van der Waals surface area contributed by atoms with Gasteiger partial charge in [-0.15, -0.1) is 0 Å². The maximum Gasteiger partial charge on any atom is 0.265 e. The van der Waals surface area contributed by atoms with Crippen molar-refractivity contribution in [2.24, 2.45) is 5.73 Å². The summed E-state index contributed by atoms with van der Waals surface area (Å²) >= 11 is 0. The molecule has 0 saturated carbocycles. The van der Waals surface area contributed by atoms with E-state index in [0.29, 0.717) is 11.1 Å². The van der Waals surface area contributed by atoms with E-state index in [9.17, 15) is 8.78 Å². The topological polar surface area (TPSA) is 62.7 Å². The van der Waals surface area contributed by atoms with Crippen LogP contribution in [0.5, 0.6) is 0 Å². The highest BCUT2D eigenvalue weighted by molar-refractivity contribution is 5.41. The van der Waals surface area contributed by atoms with Crippen molar-refractivity contribution in [2.45, 2.75) is 19.9 Å². The molecule has 0 unspecified atom stereocenters. The average molecular weight is 197 g/mol. The summed E-state index contributed by atoms with van der Waals surface area (Å²) in [5.74, 6) is 0. The summed E-state index contributed by atoms with van der Waals surface area (Å²) in [6.45, 7) is 1.56. The second kappa shape index (κ2) is 4.11. The lowest BCUT2D eigenvalue weighted by Crippen LogP contribution is -2.07. The van der Waals surface area contributed by atoms with Crippen LogP contribution in [0.15, 0.2) is 6.20 Å². The predicted molar refractivity (Wildman–Crippen MR) is 46.5 cm³/mol. The molecule has 3 nitrogen and oxygen atoms in total. The first-order chi connectivity index (χ1) is 6.61. The highest BCUT2D eigenvalue weighted by Crippen LogP contribution is 2.24. The van der Waals surface area contributed by atoms with Crippen LogP contribution in [-0.2, 0) is 6.54 Å². The van der Waals surface area contributed by atoms with E-state index in [1.807, 2.05) is 6.07 Å². The van der Waals surface area contributed by atoms with Gasteiger partial charge in [-0.3, -0.25) is 0 Å². The second-order valence-corrected chi connectivity index (χ2v) is 2.78. The van der Waals surface area contributed by atoms with E-state index in [2.05, 4.69) is 4.98 Å². The van der Waals surface area contributed by atoms with Crippen molar-refractivity contribution in [3.8, 4) is 6.07 Å². The number of rotatable bonds is 2. The molecule has 0 bridgehead atoms. The van der Waals surface area contributed by atoms with Crippen LogP contribution in [0.2, 0.25) is 0 Å². The largest absolute Gasteiger partial charge is 0.326 e. The third kappa shape index (κ3) is 1.70. The number of aromatic nitrogens is 1. The molecule has 0 aliphatic heterocycles. The number of halogens is 2. The SMILES string of the molecule is Cc1c(C(F)F)cnc(C#N)c1CN. The van der Waals surface area contributed by atoms with Crippen LogP contribution in [-0.4, -0.2) is 4.98 Å². The number of alkyl halides is 2. The Morgan fingerprint density at radius 3 is 2.71 bits per heavy atom. The lowest BCUT2D eigenvalue weighted by Gasteiger charge is -2.09. The van der Waals surface area contributed by atoms with Crippen LogP contribution in [0.3, 0.4) is 0 Å². The van der Waals surface area contributed by atoms with Crippen molar-refractivity contribution in [3.05, 3.63) is 28.6 Å². The van der Waals surface area contributed by atoms with Crippen LogP contribution in [0.1, 0.15) is 28.8 Å². The zero-order valence-corrected chi connectivity index (χ0v) is 7.59. The van der Waals surface area contributed by atoms with E-state index in [4.69, 9.17) is 11.0 Å². The zero-order chi connectivity index (χ0) is 10.7. The van der Waals surface area contributed by atoms with Gasteiger partial charge in [0.05, 0.1) is 0 Å². The Balaban J connectivity index is 3.37. The minimum Gasteiger partial charge on any atom is -0.326 e. The lowest BCUT2D eigenvalue weighted by atomic mass is 10.0. The number of nitriles is 1. The van der Waals surface area contributed by atoms with E-state index < -0.39 is 6.43 Å². The maximum absolute atomic E-state index is 12.4. The number of hydrogen-bond donors (Lipinski definition) is 1. The molecule has 0 radical (unpaired) electrons. The van der Waals surface area contributed by atoms with Crippen molar-refractivity contribution >= 4 is 0 Å². The summed E-state index contributed by atoms with van der Waals surface area (Å²) in [7, 11) is 0. The Morgan fingerprint density at radius 2 is 2.29 bits per heavy atom. The number of nitrogens with zero attached hydrogens (tertiary/aromatic N) is 2. The molecule has 0 aliphatic carbocycles. The Morgan fingerprint density at radius 1 is 1.64 bits per heavy atom. The van der Waals surface area contributed by atoms with Crippen LogP contribution in [0.4, 0.5) is 8.78 Å². The summed E-state index contributed by atoms with van der Waals surface area (Å²) < 4.78 is 24.8. The molecule has 1 heterocycles. The third-order valence-corrected chi connectivity index (χ3v) is 2.05. The highest BCUT2D eigenvalue weighted by atomic mass is 19.3. The molecule has 1 aromatic heterocycles. The molecule has 0 aromatic carbocycles. The molecule has 1 aromatic rings. The molecule has 0 aliphatic rings. The van der Waals surface area contributed by atoms with Gasteiger partial charge in [0, 0.05) is 23.9 Å². The van der Waals surface area contributed by atoms with Gasteiger partial charge < -0.3 is 5.73 Å². The highest BCUT2D eigenvalue weighted by Gasteiger charge is 2.16. The van der Waals surface area contributed by atoms with Gasteiger partial charge in [0.25, 0.3) is 6.43 Å². The fraction of sp³-hybridized carbons (Fsp3) is 0.333. The second-order valence-electron chi connectivity index (χ2n) is 2.78. The quantitative estimate of drug-likeness (QED) is 0.784. The van der Waals surface area contributed by atoms with Gasteiger partial charge in [-0.2, -0.15) is 5.26 Å². The molecule has 0 spiro atoms. The maximum atomic E-state index is 12.4. The van der Waals surface area contributed by atoms with Gasteiger partial charge in [-0.1, -0.05) is 0 Å². The molecule has 0 atom stereocenters. The standard InChI is InChI=1S/C9H9F2N3/c1-5-6(2-12)8(3-13)14-4-7(5)9(10)11/h4,9H,2,12H2,1H3. The van der Waals surface area contributed by atoms with E-state index in [1.165, 1.54) is 6.92 Å². The van der Waals surface area contributed by atoms with Gasteiger partial charge >= 0.3 is 0 Å². The van der Waals surface area contributed by atoms with Gasteiger partial charge in [0.1, 0.15) is 11.8 Å². The van der Waals surface area contributed by atoms with Crippen molar-refractivity contribution in [3.63, 3.8) is 0 Å². The fourth-order valence-electron chi connectivity index (χ4n) is 1.23. The Bertz CT molecular complexity index is 382. The van der Waals surface area contributed by atoms with E-state index >= 15 is 0 Å². The van der Waals surface area contributed by atoms with Crippen molar-refractivity contribution in [2.75, 3.05) is 0 Å². The van der Waals surface area contributed by atoms with Crippen molar-refractivity contribution in [1.82, 2.24) is 4.98 Å². The smallest absolute Gasteiger partial charge is 0.265 e. The summed E-state index contributed by atoms with van der Waals surface area (Å²) in [5, 5.41) is 8.65. The average Bonchev–Trinajstić information content (AvgIpc) is 2.16. The summed E-state index contributed by atoms with van der Waals surface area (Å²) in [4.78, 5) is 3.63. The van der Waals surface area contributed by atoms with Crippen LogP contribution >= 0.6 is 0 Å². The first kappa shape index (κ1) is 10.5. The van der Waals surface area contributed by atoms with Crippen molar-refractivity contribution in [1.29, 1.82) is 5.26 Å². The zero-order valence-electron chi connectivity index (χ0n) is 7.59. The van der Waals surface area contributed by atoms with E-state index in [0.717, 1.165) is 6.20 Å². The van der Waals surface area contributed by atoms with Crippen LogP contribution in [0.25, 0.3) is 0 Å². The summed E-state index contributed by atoms with van der Waals surface area (Å²) in [6.07, 6.45) is -1.56. The first-order valence-corrected chi connectivity index (χ1v) is 3.98. The summed E-state index contributed by atoms with van der Waals surface area (Å²) in [5.41, 5.74) is 6.07. The number of hydrogen-bond acceptors (Lipinski definition) is 3. The number of nitrogens with two attached hydrogens (primary N) is 1. The van der Waals surface area contributed by atoms with Gasteiger partial charge in [0.2, 0.25) is 0 Å². The van der Waals surface area contributed by atoms with Crippen molar-refractivity contribution < 1.29 is 8.78 Å². The lowest BCUT2D eigenvalue weighted by molar-refractivity contribution is 0.150. The van der Waals surface area contributed by atoms with E-state index in [1.54, 1.807) is 0 Å². The van der Waals surface area contributed by atoms with Crippen LogP contribution in [0, 0.1) is 18.3 Å². The molecule has 0 amide bonds. The molecule has 0 fully saturated rings. The first-order valence-electron chi connectivity index (χ1n) is 3.98. The molecule has 74 valence electrons. The minimum atomic E-state index is -2.58. The molecular formula is C9H9F2N3. The Hall–Kier alpha value is -1.54. The van der Waals surface area contributed by atoms with E-state index in [-0.39, 0.29) is 17.8 Å². The fourth-order valence-corrected chi connectivity index (χ4v) is 1.23. The normalized spacial score (nSPS) is 10.3. The molecule has 5 heteroatoms. The Kier molecular flexibility index (Phi) is 3.10. The van der Waals surface area contributed by atoms with Gasteiger partial charge in [-0.25, -0.2) is 13.8 Å². The molecule has 14 heavy (non-hydrogen) atoms. The van der Waals surface area contributed by atoms with Crippen LogP contribution < -0.4 is 5.73 Å². The predicted octanol–water partition coefficient (Wildman–Crippen LogP) is 1.66. The minimum absolute atomic E-state index is 0.0439. The summed E-state index contributed by atoms with van der Waals surface area (Å²) in [6, 6.07) is 1.82. The molecule has 0 saturated heterocycles.